The molecule has 144 valence electrons. The predicted octanol–water partition coefficient (Wildman–Crippen LogP) is 4.74. The minimum absolute atomic E-state index is 0.0150. The van der Waals surface area contributed by atoms with Crippen molar-refractivity contribution in [2.24, 2.45) is 0 Å². The number of hydrogen-bond acceptors (Lipinski definition) is 4. The highest BCUT2D eigenvalue weighted by Gasteiger charge is 2.28. The Kier molecular flexibility index (Phi) is 4.87. The molecule has 3 heterocycles. The number of carbonyl (C=O) groups excluding carboxylic acids is 1. The number of para-hydroxylation sites is 1. The van der Waals surface area contributed by atoms with Crippen molar-refractivity contribution in [1.82, 2.24) is 15.2 Å². The maximum absolute atomic E-state index is 13.2. The van der Waals surface area contributed by atoms with Crippen LogP contribution in [0.1, 0.15) is 58.6 Å². The third-order valence-electron chi connectivity index (χ3n) is 5.89. The van der Waals surface area contributed by atoms with Crippen LogP contribution in [0.25, 0.3) is 10.9 Å². The number of rotatable bonds is 6. The molecule has 0 bridgehead atoms. The summed E-state index contributed by atoms with van der Waals surface area (Å²) < 4.78 is 0. The Balaban J connectivity index is 1.40. The van der Waals surface area contributed by atoms with Crippen molar-refractivity contribution >= 4 is 28.1 Å². The van der Waals surface area contributed by atoms with Gasteiger partial charge in [0.05, 0.1) is 17.1 Å². The van der Waals surface area contributed by atoms with Gasteiger partial charge >= 0.3 is 0 Å². The van der Waals surface area contributed by atoms with Gasteiger partial charge in [-0.05, 0) is 62.4 Å². The second-order valence-electron chi connectivity index (χ2n) is 7.87. The number of aromatic nitrogens is 1. The number of thiophene rings is 1. The number of nitrogens with one attached hydrogen (secondary N) is 1. The van der Waals surface area contributed by atoms with Crippen LogP contribution in [-0.4, -0.2) is 35.4 Å². The molecule has 1 atom stereocenters. The smallest absolute Gasteiger partial charge is 0.252 e. The van der Waals surface area contributed by atoms with Gasteiger partial charge in [0.1, 0.15) is 0 Å². The molecular formula is C23H25N3OS. The SMILES string of the molecule is O=C(NCC(c1cccs1)N1CCCC1)c1cc(C2CC2)nc2ccccc12. The molecule has 28 heavy (non-hydrogen) atoms. The van der Waals surface area contributed by atoms with E-state index >= 15 is 0 Å². The van der Waals surface area contributed by atoms with Gasteiger partial charge in [-0.2, -0.15) is 0 Å². The Morgan fingerprint density at radius 3 is 2.75 bits per heavy atom. The number of fused-ring (bicyclic) bond motifs is 1. The highest BCUT2D eigenvalue weighted by atomic mass is 32.1. The van der Waals surface area contributed by atoms with E-state index in [4.69, 9.17) is 4.98 Å². The summed E-state index contributed by atoms with van der Waals surface area (Å²) in [5.41, 5.74) is 2.75. The molecule has 5 heteroatoms. The van der Waals surface area contributed by atoms with Crippen LogP contribution in [0.5, 0.6) is 0 Å². The summed E-state index contributed by atoms with van der Waals surface area (Å²) >= 11 is 1.78. The van der Waals surface area contributed by atoms with Crippen molar-refractivity contribution in [1.29, 1.82) is 0 Å². The molecule has 0 radical (unpaired) electrons. The van der Waals surface area contributed by atoms with Crippen molar-refractivity contribution in [2.45, 2.75) is 37.6 Å². The fourth-order valence-electron chi connectivity index (χ4n) is 4.20. The van der Waals surface area contributed by atoms with Gasteiger partial charge in [-0.3, -0.25) is 14.7 Å². The lowest BCUT2D eigenvalue weighted by Crippen LogP contribution is -2.36. The zero-order valence-corrected chi connectivity index (χ0v) is 16.8. The quantitative estimate of drug-likeness (QED) is 0.660. The second-order valence-corrected chi connectivity index (χ2v) is 8.85. The third kappa shape index (κ3) is 3.56. The molecule has 0 spiro atoms. The van der Waals surface area contributed by atoms with Gasteiger partial charge in [-0.1, -0.05) is 24.3 Å². The lowest BCUT2D eigenvalue weighted by atomic mass is 10.0. The fourth-order valence-corrected chi connectivity index (χ4v) is 5.06. The number of likely N-dealkylation sites (tertiary alicyclic amines) is 1. The van der Waals surface area contributed by atoms with Crippen molar-refractivity contribution in [3.05, 3.63) is 64.0 Å². The van der Waals surface area contributed by atoms with Gasteiger partial charge in [0, 0.05) is 28.4 Å². The average molecular weight is 392 g/mol. The van der Waals surface area contributed by atoms with Crippen LogP contribution in [0.4, 0.5) is 0 Å². The van der Waals surface area contributed by atoms with Crippen LogP contribution in [-0.2, 0) is 0 Å². The van der Waals surface area contributed by atoms with Crippen molar-refractivity contribution < 1.29 is 4.79 Å². The van der Waals surface area contributed by atoms with Crippen LogP contribution in [0.2, 0.25) is 0 Å². The first-order valence-corrected chi connectivity index (χ1v) is 11.1. The number of benzene rings is 1. The number of amides is 1. The van der Waals surface area contributed by atoms with E-state index < -0.39 is 0 Å². The summed E-state index contributed by atoms with van der Waals surface area (Å²) in [7, 11) is 0. The highest BCUT2D eigenvalue weighted by Crippen LogP contribution is 2.40. The highest BCUT2D eigenvalue weighted by molar-refractivity contribution is 7.10. The zero-order valence-electron chi connectivity index (χ0n) is 15.9. The maximum atomic E-state index is 13.2. The van der Waals surface area contributed by atoms with Gasteiger partial charge < -0.3 is 5.32 Å². The van der Waals surface area contributed by atoms with E-state index in [1.165, 1.54) is 30.6 Å². The van der Waals surface area contributed by atoms with Gasteiger partial charge in [0.15, 0.2) is 0 Å². The first-order valence-electron chi connectivity index (χ1n) is 10.2. The van der Waals surface area contributed by atoms with Crippen molar-refractivity contribution in [2.75, 3.05) is 19.6 Å². The summed E-state index contributed by atoms with van der Waals surface area (Å²) in [6.45, 7) is 2.87. The van der Waals surface area contributed by atoms with E-state index in [0.29, 0.717) is 12.5 Å². The maximum Gasteiger partial charge on any atom is 0.252 e. The molecule has 2 fully saturated rings. The third-order valence-corrected chi connectivity index (χ3v) is 6.86. The van der Waals surface area contributed by atoms with E-state index in [0.717, 1.165) is 35.2 Å². The number of carbonyl (C=O) groups is 1. The minimum atomic E-state index is 0.0150. The first-order chi connectivity index (χ1) is 13.8. The summed E-state index contributed by atoms with van der Waals surface area (Å²) in [5, 5.41) is 6.31. The lowest BCUT2D eigenvalue weighted by Gasteiger charge is -2.27. The number of pyridine rings is 1. The summed E-state index contributed by atoms with van der Waals surface area (Å²) in [4.78, 5) is 21.8. The van der Waals surface area contributed by atoms with Gasteiger partial charge in [0.25, 0.3) is 5.91 Å². The van der Waals surface area contributed by atoms with Gasteiger partial charge in [-0.25, -0.2) is 0 Å². The largest absolute Gasteiger partial charge is 0.350 e. The van der Waals surface area contributed by atoms with E-state index in [1.807, 2.05) is 30.3 Å². The van der Waals surface area contributed by atoms with E-state index in [2.05, 4.69) is 27.7 Å². The van der Waals surface area contributed by atoms with Gasteiger partial charge in [0.2, 0.25) is 0 Å². The molecule has 5 rings (SSSR count). The molecule has 1 amide bonds. The molecule has 4 nitrogen and oxygen atoms in total. The van der Waals surface area contributed by atoms with Gasteiger partial charge in [-0.15, -0.1) is 11.3 Å². The van der Waals surface area contributed by atoms with Crippen molar-refractivity contribution in [3.63, 3.8) is 0 Å². The van der Waals surface area contributed by atoms with Crippen LogP contribution in [0, 0.1) is 0 Å². The molecule has 2 aliphatic rings. The Labute approximate surface area is 169 Å². The van der Waals surface area contributed by atoms with E-state index in [1.54, 1.807) is 11.3 Å². The second kappa shape index (κ2) is 7.64. The monoisotopic (exact) mass is 391 g/mol. The lowest BCUT2D eigenvalue weighted by molar-refractivity contribution is 0.0940. The van der Waals surface area contributed by atoms with Crippen molar-refractivity contribution in [3.8, 4) is 0 Å². The molecular weight excluding hydrogens is 366 g/mol. The molecule has 1 aliphatic heterocycles. The van der Waals surface area contributed by atoms with E-state index in [9.17, 15) is 4.79 Å². The topological polar surface area (TPSA) is 45.2 Å². The molecule has 1 unspecified atom stereocenters. The van der Waals surface area contributed by atoms with Crippen LogP contribution in [0.3, 0.4) is 0 Å². The predicted molar refractivity (Wildman–Crippen MR) is 114 cm³/mol. The van der Waals surface area contributed by atoms with E-state index in [-0.39, 0.29) is 11.9 Å². The summed E-state index contributed by atoms with van der Waals surface area (Å²) in [6.07, 6.45) is 4.86. The standard InChI is InChI=1S/C23H25N3OS/c27-23(24-15-21(22-8-5-13-28-22)26-11-3-4-12-26)18-14-20(16-9-10-16)25-19-7-2-1-6-17(18)19/h1-2,5-8,13-14,16,21H,3-4,9-12,15H2,(H,24,27). The molecule has 3 aromatic rings. The molecule has 2 aromatic heterocycles. The summed E-state index contributed by atoms with van der Waals surface area (Å²) in [5.74, 6) is 0.542. The molecule has 1 saturated carbocycles. The van der Waals surface area contributed by atoms with Crippen LogP contribution >= 0.6 is 11.3 Å². The molecule has 1 aromatic carbocycles. The Bertz CT molecular complexity index is 975. The zero-order chi connectivity index (χ0) is 18.9. The Morgan fingerprint density at radius 1 is 1.18 bits per heavy atom. The minimum Gasteiger partial charge on any atom is -0.350 e. The average Bonchev–Trinajstić information content (AvgIpc) is 3.18. The van der Waals surface area contributed by atoms with Crippen LogP contribution in [0.15, 0.2) is 47.8 Å². The summed E-state index contributed by atoms with van der Waals surface area (Å²) in [6, 6.07) is 14.6. The molecule has 1 saturated heterocycles. The van der Waals surface area contributed by atoms with Crippen LogP contribution < -0.4 is 5.32 Å². The molecule has 1 aliphatic carbocycles. The molecule has 1 N–H and O–H groups in total. The Morgan fingerprint density at radius 2 is 2.00 bits per heavy atom. The number of hydrogen-bond donors (Lipinski definition) is 1. The normalized spacial score (nSPS) is 18.4. The fraction of sp³-hybridized carbons (Fsp3) is 0.391. The first kappa shape index (κ1) is 17.8. The Hall–Kier alpha value is -2.24. The number of nitrogens with zero attached hydrogens (tertiary/aromatic N) is 2.